The maximum atomic E-state index is 10.3. The van der Waals surface area contributed by atoms with Gasteiger partial charge in [-0.15, -0.1) is 0 Å². The van der Waals surface area contributed by atoms with Crippen LogP contribution in [-0.2, 0) is 9.53 Å². The lowest BCUT2D eigenvalue weighted by Crippen LogP contribution is -2.20. The van der Waals surface area contributed by atoms with Crippen molar-refractivity contribution in [3.63, 3.8) is 0 Å². The lowest BCUT2D eigenvalue weighted by atomic mass is 10.2. The van der Waals surface area contributed by atoms with Crippen molar-refractivity contribution in [3.05, 3.63) is 29.8 Å². The maximum Gasteiger partial charge on any atom is 0.243 e. The molecule has 0 saturated carbocycles. The fourth-order valence-electron chi connectivity index (χ4n) is 1.10. The van der Waals surface area contributed by atoms with Gasteiger partial charge in [0.2, 0.25) is 5.91 Å². The molecule has 1 rings (SSSR count). The molecule has 0 saturated heterocycles. The SMILES string of the molecule is N#Cc1ccc(NCCOCC(N)=O)cc1. The van der Waals surface area contributed by atoms with Crippen LogP contribution in [0.3, 0.4) is 0 Å². The van der Waals surface area contributed by atoms with E-state index in [1.165, 1.54) is 0 Å². The molecule has 5 nitrogen and oxygen atoms in total. The number of hydrogen-bond donors (Lipinski definition) is 2. The highest BCUT2D eigenvalue weighted by Crippen LogP contribution is 2.07. The van der Waals surface area contributed by atoms with Crippen molar-refractivity contribution in [2.45, 2.75) is 0 Å². The third-order valence-corrected chi connectivity index (χ3v) is 1.83. The number of nitrogens with one attached hydrogen (secondary N) is 1. The molecule has 84 valence electrons. The van der Waals surface area contributed by atoms with E-state index in [1.807, 2.05) is 18.2 Å². The minimum absolute atomic E-state index is 0.0605. The van der Waals surface area contributed by atoms with Gasteiger partial charge in [-0.1, -0.05) is 0 Å². The van der Waals surface area contributed by atoms with Gasteiger partial charge in [-0.2, -0.15) is 5.26 Å². The number of nitrogens with zero attached hydrogens (tertiary/aromatic N) is 1. The van der Waals surface area contributed by atoms with E-state index >= 15 is 0 Å². The highest BCUT2D eigenvalue weighted by atomic mass is 16.5. The zero-order valence-corrected chi connectivity index (χ0v) is 8.77. The van der Waals surface area contributed by atoms with Gasteiger partial charge in [-0.25, -0.2) is 0 Å². The highest BCUT2D eigenvalue weighted by Gasteiger charge is 1.95. The van der Waals surface area contributed by atoms with Crippen LogP contribution in [0.25, 0.3) is 0 Å². The van der Waals surface area contributed by atoms with E-state index in [4.69, 9.17) is 15.7 Å². The number of anilines is 1. The van der Waals surface area contributed by atoms with Crippen LogP contribution in [0.2, 0.25) is 0 Å². The Labute approximate surface area is 93.8 Å². The molecule has 0 aliphatic rings. The van der Waals surface area contributed by atoms with Crippen LogP contribution in [-0.4, -0.2) is 25.7 Å². The number of primary amides is 1. The number of carbonyl (C=O) groups excluding carboxylic acids is 1. The number of benzene rings is 1. The van der Waals surface area contributed by atoms with E-state index in [1.54, 1.807) is 12.1 Å². The predicted octanol–water partition coefficient (Wildman–Crippen LogP) is 0.472. The Morgan fingerprint density at radius 3 is 2.69 bits per heavy atom. The van der Waals surface area contributed by atoms with Crippen molar-refractivity contribution in [2.75, 3.05) is 25.1 Å². The zero-order valence-electron chi connectivity index (χ0n) is 8.77. The molecule has 16 heavy (non-hydrogen) atoms. The summed E-state index contributed by atoms with van der Waals surface area (Å²) in [4.78, 5) is 10.3. The molecular formula is C11H13N3O2. The molecule has 0 spiro atoms. The molecule has 1 aromatic rings. The summed E-state index contributed by atoms with van der Waals surface area (Å²) in [6, 6.07) is 9.12. The summed E-state index contributed by atoms with van der Waals surface area (Å²) >= 11 is 0. The summed E-state index contributed by atoms with van der Waals surface area (Å²) < 4.78 is 4.97. The molecule has 0 atom stereocenters. The first-order valence-electron chi connectivity index (χ1n) is 4.82. The normalized spacial score (nSPS) is 9.44. The minimum atomic E-state index is -0.474. The standard InChI is InChI=1S/C11H13N3O2/c12-7-9-1-3-10(4-2-9)14-5-6-16-8-11(13)15/h1-4,14H,5-6,8H2,(H2,13,15). The Morgan fingerprint density at radius 1 is 1.44 bits per heavy atom. The van der Waals surface area contributed by atoms with Gasteiger partial charge >= 0.3 is 0 Å². The Kier molecular flexibility index (Phi) is 4.83. The number of rotatable bonds is 6. The second-order valence-corrected chi connectivity index (χ2v) is 3.13. The quantitative estimate of drug-likeness (QED) is 0.681. The van der Waals surface area contributed by atoms with E-state index in [-0.39, 0.29) is 6.61 Å². The van der Waals surface area contributed by atoms with Crippen LogP contribution in [0.5, 0.6) is 0 Å². The second kappa shape index (κ2) is 6.43. The molecule has 3 N–H and O–H groups in total. The van der Waals surface area contributed by atoms with Crippen molar-refractivity contribution in [1.82, 2.24) is 0 Å². The highest BCUT2D eigenvalue weighted by molar-refractivity contribution is 5.74. The number of amides is 1. The first kappa shape index (κ1) is 12.0. The summed E-state index contributed by atoms with van der Waals surface area (Å²) in [5, 5.41) is 11.7. The number of nitriles is 1. The van der Waals surface area contributed by atoms with Gasteiger partial charge in [-0.3, -0.25) is 4.79 Å². The van der Waals surface area contributed by atoms with E-state index in [2.05, 4.69) is 5.32 Å². The molecular weight excluding hydrogens is 206 g/mol. The van der Waals surface area contributed by atoms with Crippen LogP contribution in [0.1, 0.15) is 5.56 Å². The molecule has 0 heterocycles. The summed E-state index contributed by atoms with van der Waals surface area (Å²) in [5.74, 6) is -0.474. The van der Waals surface area contributed by atoms with Gasteiger partial charge in [-0.05, 0) is 24.3 Å². The molecule has 5 heteroatoms. The molecule has 0 aliphatic carbocycles. The van der Waals surface area contributed by atoms with Gasteiger partial charge in [0, 0.05) is 12.2 Å². The number of carbonyl (C=O) groups is 1. The molecule has 0 aliphatic heterocycles. The van der Waals surface area contributed by atoms with Crippen molar-refractivity contribution in [1.29, 1.82) is 5.26 Å². The van der Waals surface area contributed by atoms with E-state index < -0.39 is 5.91 Å². The molecule has 0 fully saturated rings. The second-order valence-electron chi connectivity index (χ2n) is 3.13. The summed E-state index contributed by atoms with van der Waals surface area (Å²) in [6.45, 7) is 0.928. The lowest BCUT2D eigenvalue weighted by molar-refractivity contribution is -0.122. The summed E-state index contributed by atoms with van der Waals surface area (Å²) in [6.07, 6.45) is 0. The average Bonchev–Trinajstić information content (AvgIpc) is 2.29. The van der Waals surface area contributed by atoms with Crippen LogP contribution < -0.4 is 11.1 Å². The fourth-order valence-corrected chi connectivity index (χ4v) is 1.10. The Hall–Kier alpha value is -2.06. The van der Waals surface area contributed by atoms with Gasteiger partial charge in [0.1, 0.15) is 6.61 Å². The van der Waals surface area contributed by atoms with Gasteiger partial charge in [0.05, 0.1) is 18.2 Å². The monoisotopic (exact) mass is 219 g/mol. The summed E-state index contributed by atoms with van der Waals surface area (Å²) in [7, 11) is 0. The Balaban J connectivity index is 2.22. The Morgan fingerprint density at radius 2 is 2.12 bits per heavy atom. The number of ether oxygens (including phenoxy) is 1. The smallest absolute Gasteiger partial charge is 0.243 e. The number of hydrogen-bond acceptors (Lipinski definition) is 4. The molecule has 0 bridgehead atoms. The van der Waals surface area contributed by atoms with Crippen molar-refractivity contribution in [2.24, 2.45) is 5.73 Å². The van der Waals surface area contributed by atoms with Crippen molar-refractivity contribution in [3.8, 4) is 6.07 Å². The van der Waals surface area contributed by atoms with E-state index in [0.29, 0.717) is 18.7 Å². The van der Waals surface area contributed by atoms with Crippen molar-refractivity contribution >= 4 is 11.6 Å². The third kappa shape index (κ3) is 4.44. The first-order valence-corrected chi connectivity index (χ1v) is 4.82. The maximum absolute atomic E-state index is 10.3. The van der Waals surface area contributed by atoms with E-state index in [9.17, 15) is 4.79 Å². The first-order chi connectivity index (χ1) is 7.72. The fraction of sp³-hybridized carbons (Fsp3) is 0.273. The van der Waals surface area contributed by atoms with Gasteiger partial charge in [0.15, 0.2) is 0 Å². The molecule has 0 radical (unpaired) electrons. The number of nitrogens with two attached hydrogens (primary N) is 1. The largest absolute Gasteiger partial charge is 0.383 e. The van der Waals surface area contributed by atoms with Crippen LogP contribution >= 0.6 is 0 Å². The lowest BCUT2D eigenvalue weighted by Gasteiger charge is -2.06. The predicted molar refractivity (Wildman–Crippen MR) is 59.7 cm³/mol. The van der Waals surface area contributed by atoms with Gasteiger partial charge in [0.25, 0.3) is 0 Å². The summed E-state index contributed by atoms with van der Waals surface area (Å²) in [5.41, 5.74) is 6.43. The van der Waals surface area contributed by atoms with E-state index in [0.717, 1.165) is 5.69 Å². The van der Waals surface area contributed by atoms with Crippen molar-refractivity contribution < 1.29 is 9.53 Å². The van der Waals surface area contributed by atoms with Crippen LogP contribution in [0.4, 0.5) is 5.69 Å². The van der Waals surface area contributed by atoms with Gasteiger partial charge < -0.3 is 15.8 Å². The third-order valence-electron chi connectivity index (χ3n) is 1.83. The molecule has 0 unspecified atom stereocenters. The Bertz CT molecular complexity index is 381. The van der Waals surface area contributed by atoms with Crippen LogP contribution in [0.15, 0.2) is 24.3 Å². The molecule has 0 aromatic heterocycles. The zero-order chi connectivity index (χ0) is 11.8. The molecule has 1 aromatic carbocycles. The minimum Gasteiger partial charge on any atom is -0.383 e. The average molecular weight is 219 g/mol. The topological polar surface area (TPSA) is 88.1 Å². The van der Waals surface area contributed by atoms with Crippen LogP contribution in [0, 0.1) is 11.3 Å². The molecule has 1 amide bonds.